The van der Waals surface area contributed by atoms with Gasteiger partial charge in [-0.2, -0.15) is 0 Å². The maximum atomic E-state index is 5.67. The van der Waals surface area contributed by atoms with Crippen LogP contribution in [-0.2, 0) is 0 Å². The van der Waals surface area contributed by atoms with E-state index in [4.69, 9.17) is 5.73 Å². The van der Waals surface area contributed by atoms with Gasteiger partial charge in [0.1, 0.15) is 0 Å². The highest BCUT2D eigenvalue weighted by molar-refractivity contribution is 4.98. The maximum Gasteiger partial charge on any atom is 0.0216 e. The summed E-state index contributed by atoms with van der Waals surface area (Å²) >= 11 is 0. The second-order valence-corrected chi connectivity index (χ2v) is 3.89. The average Bonchev–Trinajstić information content (AvgIpc) is 2.51. The highest BCUT2D eigenvalue weighted by Crippen LogP contribution is 2.11. The molecule has 0 amide bonds. The molecule has 1 rings (SSSR count). The van der Waals surface area contributed by atoms with Crippen LogP contribution in [0.25, 0.3) is 0 Å². The third-order valence-corrected chi connectivity index (χ3v) is 2.52. The maximum absolute atomic E-state index is 5.67. The lowest BCUT2D eigenvalue weighted by atomic mass is 10.0. The second kappa shape index (κ2) is 4.63. The monoisotopic (exact) mass is 168 g/mol. The van der Waals surface area contributed by atoms with Gasteiger partial charge < -0.3 is 11.1 Å². The smallest absolute Gasteiger partial charge is 0.0216 e. The lowest BCUT2D eigenvalue weighted by molar-refractivity contribution is 0.362. The minimum Gasteiger partial charge on any atom is -0.329 e. The van der Waals surface area contributed by atoms with Crippen LogP contribution < -0.4 is 11.1 Å². The molecule has 1 atom stereocenters. The molecule has 0 aromatic heterocycles. The van der Waals surface area contributed by atoms with Crippen LogP contribution in [-0.4, -0.2) is 18.6 Å². The van der Waals surface area contributed by atoms with Crippen LogP contribution in [0.4, 0.5) is 0 Å². The van der Waals surface area contributed by atoms with Crippen molar-refractivity contribution in [2.45, 2.75) is 38.8 Å². The molecule has 12 heavy (non-hydrogen) atoms. The lowest BCUT2D eigenvalue weighted by Crippen LogP contribution is -2.45. The standard InChI is InChI=1S/C10H20N2/c1-8(2)10(7-11)12-9-5-3-4-6-9/h3-4,8-10,12H,5-7,11H2,1-2H3. The summed E-state index contributed by atoms with van der Waals surface area (Å²) in [5.74, 6) is 0.635. The van der Waals surface area contributed by atoms with Crippen molar-refractivity contribution in [2.24, 2.45) is 11.7 Å². The van der Waals surface area contributed by atoms with Crippen LogP contribution in [0.15, 0.2) is 12.2 Å². The van der Waals surface area contributed by atoms with Gasteiger partial charge in [-0.3, -0.25) is 0 Å². The Balaban J connectivity index is 2.27. The van der Waals surface area contributed by atoms with Gasteiger partial charge in [0.15, 0.2) is 0 Å². The first-order valence-corrected chi connectivity index (χ1v) is 4.85. The SMILES string of the molecule is CC(C)C(CN)NC1CC=CC1. The Morgan fingerprint density at radius 2 is 2.00 bits per heavy atom. The van der Waals surface area contributed by atoms with Crippen molar-refractivity contribution in [3.05, 3.63) is 12.2 Å². The Labute approximate surface area is 75.2 Å². The number of rotatable bonds is 4. The molecule has 70 valence electrons. The van der Waals surface area contributed by atoms with E-state index in [2.05, 4.69) is 31.3 Å². The summed E-state index contributed by atoms with van der Waals surface area (Å²) < 4.78 is 0. The molecule has 3 N–H and O–H groups in total. The summed E-state index contributed by atoms with van der Waals surface area (Å²) in [6.07, 6.45) is 6.82. The summed E-state index contributed by atoms with van der Waals surface area (Å²) in [5, 5.41) is 3.58. The van der Waals surface area contributed by atoms with Gasteiger partial charge in [0.25, 0.3) is 0 Å². The second-order valence-electron chi connectivity index (χ2n) is 3.89. The third kappa shape index (κ3) is 2.61. The molecule has 1 aliphatic rings. The van der Waals surface area contributed by atoms with Crippen LogP contribution in [0.2, 0.25) is 0 Å². The first-order chi connectivity index (χ1) is 5.74. The van der Waals surface area contributed by atoms with Crippen molar-refractivity contribution in [3.63, 3.8) is 0 Å². The first-order valence-electron chi connectivity index (χ1n) is 4.85. The summed E-state index contributed by atoms with van der Waals surface area (Å²) in [6, 6.07) is 1.12. The van der Waals surface area contributed by atoms with E-state index in [1.54, 1.807) is 0 Å². The van der Waals surface area contributed by atoms with Crippen molar-refractivity contribution in [2.75, 3.05) is 6.54 Å². The molecule has 0 aromatic rings. The molecule has 0 saturated heterocycles. The van der Waals surface area contributed by atoms with Crippen molar-refractivity contribution in [1.29, 1.82) is 0 Å². The fourth-order valence-corrected chi connectivity index (χ4v) is 1.59. The molecule has 0 spiro atoms. The topological polar surface area (TPSA) is 38.0 Å². The van der Waals surface area contributed by atoms with E-state index in [0.29, 0.717) is 18.0 Å². The van der Waals surface area contributed by atoms with Gasteiger partial charge in [-0.25, -0.2) is 0 Å². The molecule has 0 bridgehead atoms. The zero-order valence-electron chi connectivity index (χ0n) is 8.09. The third-order valence-electron chi connectivity index (χ3n) is 2.52. The molecule has 1 aliphatic carbocycles. The minimum atomic E-state index is 0.481. The van der Waals surface area contributed by atoms with Crippen LogP contribution in [0, 0.1) is 5.92 Å². The van der Waals surface area contributed by atoms with E-state index >= 15 is 0 Å². The molecule has 0 saturated carbocycles. The fourth-order valence-electron chi connectivity index (χ4n) is 1.59. The van der Waals surface area contributed by atoms with E-state index in [0.717, 1.165) is 6.54 Å². The van der Waals surface area contributed by atoms with Gasteiger partial charge in [-0.05, 0) is 18.8 Å². The van der Waals surface area contributed by atoms with Gasteiger partial charge in [0.2, 0.25) is 0 Å². The van der Waals surface area contributed by atoms with Crippen LogP contribution in [0.1, 0.15) is 26.7 Å². The van der Waals surface area contributed by atoms with Crippen molar-refractivity contribution in [1.82, 2.24) is 5.32 Å². The quantitative estimate of drug-likeness (QED) is 0.621. The van der Waals surface area contributed by atoms with Crippen LogP contribution in [0.3, 0.4) is 0 Å². The lowest BCUT2D eigenvalue weighted by Gasteiger charge is -2.24. The van der Waals surface area contributed by atoms with Gasteiger partial charge in [0.05, 0.1) is 0 Å². The first kappa shape index (κ1) is 9.75. The van der Waals surface area contributed by atoms with Gasteiger partial charge in [-0.1, -0.05) is 26.0 Å². The Bertz CT molecular complexity index is 144. The zero-order valence-corrected chi connectivity index (χ0v) is 8.09. The normalized spacial score (nSPS) is 20.7. The van der Waals surface area contributed by atoms with Crippen LogP contribution in [0.5, 0.6) is 0 Å². The van der Waals surface area contributed by atoms with E-state index in [1.807, 2.05) is 0 Å². The molecule has 0 radical (unpaired) electrons. The van der Waals surface area contributed by atoms with E-state index in [-0.39, 0.29) is 0 Å². The summed E-state index contributed by atoms with van der Waals surface area (Å²) in [4.78, 5) is 0. The van der Waals surface area contributed by atoms with E-state index in [1.165, 1.54) is 12.8 Å². The molecule has 0 aromatic carbocycles. The van der Waals surface area contributed by atoms with Gasteiger partial charge >= 0.3 is 0 Å². The average molecular weight is 168 g/mol. The molecule has 0 aliphatic heterocycles. The molecule has 0 heterocycles. The predicted molar refractivity (Wildman–Crippen MR) is 53.0 cm³/mol. The Morgan fingerprint density at radius 3 is 2.42 bits per heavy atom. The molecule has 2 nitrogen and oxygen atoms in total. The zero-order chi connectivity index (χ0) is 8.97. The van der Waals surface area contributed by atoms with Crippen molar-refractivity contribution in [3.8, 4) is 0 Å². The van der Waals surface area contributed by atoms with E-state index in [9.17, 15) is 0 Å². The molecule has 0 fully saturated rings. The van der Waals surface area contributed by atoms with Gasteiger partial charge in [-0.15, -0.1) is 0 Å². The van der Waals surface area contributed by atoms with Crippen LogP contribution >= 0.6 is 0 Å². The highest BCUT2D eigenvalue weighted by atomic mass is 15.0. The molecule has 1 unspecified atom stereocenters. The largest absolute Gasteiger partial charge is 0.329 e. The number of hydrogen-bond acceptors (Lipinski definition) is 2. The Morgan fingerprint density at radius 1 is 1.42 bits per heavy atom. The number of hydrogen-bond donors (Lipinski definition) is 2. The summed E-state index contributed by atoms with van der Waals surface area (Å²) in [5.41, 5.74) is 5.67. The number of nitrogens with two attached hydrogens (primary N) is 1. The predicted octanol–water partition coefficient (Wildman–Crippen LogP) is 1.28. The van der Waals surface area contributed by atoms with E-state index < -0.39 is 0 Å². The minimum absolute atomic E-state index is 0.481. The highest BCUT2D eigenvalue weighted by Gasteiger charge is 2.17. The van der Waals surface area contributed by atoms with Gasteiger partial charge in [0, 0.05) is 18.6 Å². The molecular weight excluding hydrogens is 148 g/mol. The van der Waals surface area contributed by atoms with Crippen molar-refractivity contribution < 1.29 is 0 Å². The summed E-state index contributed by atoms with van der Waals surface area (Å²) in [6.45, 7) is 5.17. The molecular formula is C10H20N2. The summed E-state index contributed by atoms with van der Waals surface area (Å²) in [7, 11) is 0. The number of nitrogens with one attached hydrogen (secondary N) is 1. The van der Waals surface area contributed by atoms with Crippen molar-refractivity contribution >= 4 is 0 Å². The fraction of sp³-hybridized carbons (Fsp3) is 0.800. The Kier molecular flexibility index (Phi) is 3.76. The Hall–Kier alpha value is -0.340. The molecule has 2 heteroatoms.